The lowest BCUT2D eigenvalue weighted by molar-refractivity contribution is 0.0667. The summed E-state index contributed by atoms with van der Waals surface area (Å²) in [5.41, 5.74) is -1.45. The lowest BCUT2D eigenvalue weighted by Crippen LogP contribution is -2.23. The van der Waals surface area contributed by atoms with Gasteiger partial charge < -0.3 is 14.8 Å². The first-order chi connectivity index (χ1) is 7.34. The van der Waals surface area contributed by atoms with E-state index in [0.29, 0.717) is 0 Å². The lowest BCUT2D eigenvalue weighted by Gasteiger charge is -2.14. The molecule has 0 bridgehead atoms. The molecule has 1 rings (SSSR count). The van der Waals surface area contributed by atoms with Gasteiger partial charge in [-0.2, -0.15) is 0 Å². The second-order valence-electron chi connectivity index (χ2n) is 3.55. The number of carboxylic acid groups (broad SMARTS) is 2. The number of hydrogen-bond donors (Lipinski definition) is 2. The molecular weight excluding hydrogens is 214 g/mol. The highest BCUT2D eigenvalue weighted by Gasteiger charge is 2.17. The van der Waals surface area contributed by atoms with Crippen molar-refractivity contribution in [2.24, 2.45) is 0 Å². The third kappa shape index (κ3) is 2.10. The smallest absolute Gasteiger partial charge is 0.352 e. The van der Waals surface area contributed by atoms with Gasteiger partial charge in [0.05, 0.1) is 0 Å². The Morgan fingerprint density at radius 3 is 2.19 bits per heavy atom. The van der Waals surface area contributed by atoms with Gasteiger partial charge in [-0.15, -0.1) is 0 Å². The van der Waals surface area contributed by atoms with Crippen LogP contribution in [-0.2, 0) is 0 Å². The predicted molar refractivity (Wildman–Crippen MR) is 55.0 cm³/mol. The zero-order valence-electron chi connectivity index (χ0n) is 8.80. The number of pyridine rings is 1. The third-order valence-electron chi connectivity index (χ3n) is 2.09. The first kappa shape index (κ1) is 12.0. The largest absolute Gasteiger partial charge is 0.477 e. The standard InChI is InChI=1S/C10H11NO5/c1-5(2)11-4-6(9(13)14)8(12)3-7(11)10(15)16/h3-5H,1-2H3,(H,13,14)(H,15,16). The summed E-state index contributed by atoms with van der Waals surface area (Å²) in [5, 5.41) is 17.6. The molecule has 0 saturated heterocycles. The maximum atomic E-state index is 11.3. The predicted octanol–water partition coefficient (Wildman–Crippen LogP) is 0.826. The Labute approximate surface area is 90.8 Å². The molecule has 0 aromatic carbocycles. The number of rotatable bonds is 3. The Bertz CT molecular complexity index is 500. The summed E-state index contributed by atoms with van der Waals surface area (Å²) in [7, 11) is 0. The SMILES string of the molecule is CC(C)n1cc(C(=O)O)c(=O)cc1C(=O)O. The fourth-order valence-electron chi connectivity index (χ4n) is 1.31. The highest BCUT2D eigenvalue weighted by atomic mass is 16.4. The zero-order valence-corrected chi connectivity index (χ0v) is 8.80. The number of aromatic nitrogens is 1. The van der Waals surface area contributed by atoms with Crippen LogP contribution < -0.4 is 5.43 Å². The minimum absolute atomic E-state index is 0.218. The molecule has 6 heteroatoms. The van der Waals surface area contributed by atoms with Crippen molar-refractivity contribution in [3.05, 3.63) is 33.7 Å². The van der Waals surface area contributed by atoms with Crippen molar-refractivity contribution in [2.75, 3.05) is 0 Å². The maximum Gasteiger partial charge on any atom is 0.352 e. The van der Waals surface area contributed by atoms with Gasteiger partial charge in [-0.1, -0.05) is 0 Å². The quantitative estimate of drug-likeness (QED) is 0.793. The molecular formula is C10H11NO5. The molecule has 86 valence electrons. The van der Waals surface area contributed by atoms with Gasteiger partial charge in [0.25, 0.3) is 0 Å². The van der Waals surface area contributed by atoms with Crippen molar-refractivity contribution in [3.8, 4) is 0 Å². The van der Waals surface area contributed by atoms with Gasteiger partial charge in [0.1, 0.15) is 11.3 Å². The molecule has 0 fully saturated rings. The van der Waals surface area contributed by atoms with Crippen molar-refractivity contribution in [3.63, 3.8) is 0 Å². The molecule has 0 atom stereocenters. The van der Waals surface area contributed by atoms with Crippen LogP contribution in [0.15, 0.2) is 17.1 Å². The molecule has 0 spiro atoms. The van der Waals surface area contributed by atoms with E-state index in [0.717, 1.165) is 12.3 Å². The van der Waals surface area contributed by atoms with Crippen LogP contribution in [0.2, 0.25) is 0 Å². The van der Waals surface area contributed by atoms with Crippen LogP contribution in [0.5, 0.6) is 0 Å². The fraction of sp³-hybridized carbons (Fsp3) is 0.300. The van der Waals surface area contributed by atoms with Gasteiger partial charge in [0.15, 0.2) is 5.43 Å². The van der Waals surface area contributed by atoms with E-state index in [1.807, 2.05) is 0 Å². The fourth-order valence-corrected chi connectivity index (χ4v) is 1.31. The van der Waals surface area contributed by atoms with E-state index < -0.39 is 22.9 Å². The topological polar surface area (TPSA) is 96.6 Å². The average Bonchev–Trinajstić information content (AvgIpc) is 2.15. The number of carbonyl (C=O) groups is 2. The van der Waals surface area contributed by atoms with Crippen molar-refractivity contribution in [1.29, 1.82) is 0 Å². The minimum Gasteiger partial charge on any atom is -0.477 e. The van der Waals surface area contributed by atoms with Gasteiger partial charge >= 0.3 is 11.9 Å². The summed E-state index contributed by atoms with van der Waals surface area (Å²) >= 11 is 0. The van der Waals surface area contributed by atoms with Crippen LogP contribution in [0.3, 0.4) is 0 Å². The molecule has 1 heterocycles. The van der Waals surface area contributed by atoms with Gasteiger partial charge in [-0.05, 0) is 13.8 Å². The molecule has 0 saturated carbocycles. The van der Waals surface area contributed by atoms with Crippen LogP contribution in [0.25, 0.3) is 0 Å². The third-order valence-corrected chi connectivity index (χ3v) is 2.09. The maximum absolute atomic E-state index is 11.3. The van der Waals surface area contributed by atoms with Gasteiger partial charge in [0, 0.05) is 18.3 Å². The summed E-state index contributed by atoms with van der Waals surface area (Å²) in [6, 6.07) is 0.580. The van der Waals surface area contributed by atoms with E-state index >= 15 is 0 Å². The normalized spacial score (nSPS) is 10.4. The molecule has 1 aromatic heterocycles. The Hall–Kier alpha value is -2.11. The molecule has 0 aliphatic rings. The Morgan fingerprint density at radius 1 is 1.25 bits per heavy atom. The average molecular weight is 225 g/mol. The summed E-state index contributed by atoms with van der Waals surface area (Å²) in [5.74, 6) is -2.63. The molecule has 1 aromatic rings. The number of carboxylic acids is 2. The zero-order chi connectivity index (χ0) is 12.5. The minimum atomic E-state index is -1.36. The highest BCUT2D eigenvalue weighted by molar-refractivity contribution is 5.90. The summed E-state index contributed by atoms with van der Waals surface area (Å²) < 4.78 is 1.24. The summed E-state index contributed by atoms with van der Waals surface area (Å²) in [6.07, 6.45) is 1.05. The summed E-state index contributed by atoms with van der Waals surface area (Å²) in [4.78, 5) is 32.9. The number of hydrogen-bond acceptors (Lipinski definition) is 3. The molecule has 0 aliphatic heterocycles. The van der Waals surface area contributed by atoms with Gasteiger partial charge in [-0.3, -0.25) is 4.79 Å². The monoisotopic (exact) mass is 225 g/mol. The van der Waals surface area contributed by atoms with E-state index in [9.17, 15) is 14.4 Å². The van der Waals surface area contributed by atoms with Gasteiger partial charge in [0.2, 0.25) is 0 Å². The molecule has 16 heavy (non-hydrogen) atoms. The summed E-state index contributed by atoms with van der Waals surface area (Å²) in [6.45, 7) is 3.39. The second-order valence-corrected chi connectivity index (χ2v) is 3.55. The second kappa shape index (κ2) is 4.18. The Balaban J connectivity index is 3.56. The van der Waals surface area contributed by atoms with E-state index in [2.05, 4.69) is 0 Å². The van der Waals surface area contributed by atoms with E-state index in [-0.39, 0.29) is 11.7 Å². The van der Waals surface area contributed by atoms with E-state index in [1.54, 1.807) is 13.8 Å². The molecule has 2 N–H and O–H groups in total. The van der Waals surface area contributed by atoms with E-state index in [4.69, 9.17) is 10.2 Å². The Morgan fingerprint density at radius 2 is 1.81 bits per heavy atom. The first-order valence-corrected chi connectivity index (χ1v) is 4.57. The molecule has 0 amide bonds. The van der Waals surface area contributed by atoms with E-state index in [1.165, 1.54) is 4.57 Å². The van der Waals surface area contributed by atoms with Crippen LogP contribution in [0, 0.1) is 0 Å². The van der Waals surface area contributed by atoms with Gasteiger partial charge in [-0.25, -0.2) is 9.59 Å². The lowest BCUT2D eigenvalue weighted by atomic mass is 10.2. The highest BCUT2D eigenvalue weighted by Crippen LogP contribution is 2.09. The van der Waals surface area contributed by atoms with Crippen molar-refractivity contribution < 1.29 is 19.8 Å². The Kier molecular flexibility index (Phi) is 3.12. The van der Waals surface area contributed by atoms with Crippen LogP contribution in [0.1, 0.15) is 40.7 Å². The molecule has 0 unspecified atom stereocenters. The molecule has 6 nitrogen and oxygen atoms in total. The first-order valence-electron chi connectivity index (χ1n) is 4.57. The number of nitrogens with zero attached hydrogens (tertiary/aromatic N) is 1. The molecule has 0 radical (unpaired) electrons. The van der Waals surface area contributed by atoms with Crippen molar-refractivity contribution in [2.45, 2.75) is 19.9 Å². The van der Waals surface area contributed by atoms with Crippen molar-refractivity contribution in [1.82, 2.24) is 4.57 Å². The van der Waals surface area contributed by atoms with Crippen LogP contribution >= 0.6 is 0 Å². The van der Waals surface area contributed by atoms with Crippen LogP contribution in [-0.4, -0.2) is 26.7 Å². The number of aromatic carboxylic acids is 2. The van der Waals surface area contributed by atoms with Crippen LogP contribution in [0.4, 0.5) is 0 Å². The van der Waals surface area contributed by atoms with Crippen molar-refractivity contribution >= 4 is 11.9 Å². The molecule has 0 aliphatic carbocycles.